The number of amides is 2. The average Bonchev–Trinajstić information content (AvgIpc) is 2.28. The Labute approximate surface area is 78.4 Å². The second-order valence-electron chi connectivity index (χ2n) is 3.40. The molecule has 2 amide bonds. The largest absolute Gasteiger partial charge is 0.334 e. The fourth-order valence-corrected chi connectivity index (χ4v) is 2.12. The van der Waals surface area contributed by atoms with Gasteiger partial charge in [-0.15, -0.1) is 0 Å². The van der Waals surface area contributed by atoms with Crippen LogP contribution in [0, 0.1) is 0 Å². The van der Waals surface area contributed by atoms with E-state index in [0.29, 0.717) is 6.54 Å². The lowest BCUT2D eigenvalue weighted by Crippen LogP contribution is -2.38. The summed E-state index contributed by atoms with van der Waals surface area (Å²) in [5, 5.41) is 0. The van der Waals surface area contributed by atoms with Crippen molar-refractivity contribution in [1.29, 1.82) is 0 Å². The Balaban J connectivity index is 2.84. The zero-order valence-electron chi connectivity index (χ0n) is 8.02. The molecule has 1 saturated heterocycles. The van der Waals surface area contributed by atoms with Crippen molar-refractivity contribution in [1.82, 2.24) is 9.21 Å². The van der Waals surface area contributed by atoms with Gasteiger partial charge in [-0.1, -0.05) is 0 Å². The van der Waals surface area contributed by atoms with Crippen molar-refractivity contribution in [2.75, 3.05) is 19.3 Å². The molecule has 1 aliphatic heterocycles. The van der Waals surface area contributed by atoms with Gasteiger partial charge in [0, 0.05) is 12.6 Å². The van der Waals surface area contributed by atoms with Gasteiger partial charge in [-0.3, -0.25) is 0 Å². The predicted molar refractivity (Wildman–Crippen MR) is 48.8 cm³/mol. The second kappa shape index (κ2) is 3.17. The molecule has 1 heterocycles. The van der Waals surface area contributed by atoms with Crippen molar-refractivity contribution >= 4 is 16.1 Å². The number of hydrogen-bond donors (Lipinski definition) is 0. The monoisotopic (exact) mass is 206 g/mol. The van der Waals surface area contributed by atoms with E-state index in [0.717, 1.165) is 10.6 Å². The molecule has 0 radical (unpaired) electrons. The third kappa shape index (κ3) is 1.93. The van der Waals surface area contributed by atoms with Crippen LogP contribution in [0.5, 0.6) is 0 Å². The van der Waals surface area contributed by atoms with Crippen LogP contribution in [-0.2, 0) is 10.0 Å². The van der Waals surface area contributed by atoms with Crippen LogP contribution < -0.4 is 0 Å². The van der Waals surface area contributed by atoms with E-state index in [1.54, 1.807) is 4.90 Å². The van der Waals surface area contributed by atoms with Crippen LogP contribution in [0.15, 0.2) is 0 Å². The Hall–Kier alpha value is -0.780. The third-order valence-electron chi connectivity index (χ3n) is 2.03. The van der Waals surface area contributed by atoms with E-state index in [-0.39, 0.29) is 12.6 Å². The number of carbonyl (C=O) groups excluding carboxylic acids is 1. The lowest BCUT2D eigenvalue weighted by atomic mass is 10.3. The Morgan fingerprint density at radius 1 is 1.31 bits per heavy atom. The van der Waals surface area contributed by atoms with Gasteiger partial charge in [0.1, 0.15) is 0 Å². The van der Waals surface area contributed by atoms with E-state index < -0.39 is 16.1 Å². The second-order valence-corrected chi connectivity index (χ2v) is 5.31. The normalized spacial score (nSPS) is 18.9. The summed E-state index contributed by atoms with van der Waals surface area (Å²) in [6.45, 7) is 4.49. The van der Waals surface area contributed by atoms with E-state index in [1.165, 1.54) is 0 Å². The van der Waals surface area contributed by atoms with Gasteiger partial charge in [-0.2, -0.15) is 0 Å². The fraction of sp³-hybridized carbons (Fsp3) is 0.857. The molecule has 0 atom stereocenters. The van der Waals surface area contributed by atoms with Gasteiger partial charge in [0.25, 0.3) is 0 Å². The average molecular weight is 206 g/mol. The first kappa shape index (κ1) is 10.3. The molecule has 0 aromatic heterocycles. The molecular formula is C7H14N2O3S. The topological polar surface area (TPSA) is 57.7 Å². The van der Waals surface area contributed by atoms with Crippen LogP contribution in [0.2, 0.25) is 0 Å². The molecule has 1 fully saturated rings. The van der Waals surface area contributed by atoms with Gasteiger partial charge >= 0.3 is 6.03 Å². The van der Waals surface area contributed by atoms with Crippen molar-refractivity contribution in [3.05, 3.63) is 0 Å². The maximum Gasteiger partial charge on any atom is 0.334 e. The molecule has 1 aliphatic rings. The summed E-state index contributed by atoms with van der Waals surface area (Å²) in [4.78, 5) is 13.0. The standard InChI is InChI=1S/C7H14N2O3S/c1-6(2)8-4-5-9(7(8)10)13(3,11)12/h6H,4-5H2,1-3H3. The van der Waals surface area contributed by atoms with Crippen LogP contribution in [0.25, 0.3) is 0 Å². The number of rotatable bonds is 2. The molecule has 0 bridgehead atoms. The third-order valence-corrected chi connectivity index (χ3v) is 3.17. The number of carbonyl (C=O) groups is 1. The first-order valence-electron chi connectivity index (χ1n) is 4.12. The molecule has 0 N–H and O–H groups in total. The molecular weight excluding hydrogens is 192 g/mol. The number of urea groups is 1. The van der Waals surface area contributed by atoms with E-state index in [1.807, 2.05) is 13.8 Å². The lowest BCUT2D eigenvalue weighted by molar-refractivity contribution is 0.196. The summed E-state index contributed by atoms with van der Waals surface area (Å²) < 4.78 is 23.1. The van der Waals surface area contributed by atoms with Crippen molar-refractivity contribution < 1.29 is 13.2 Å². The first-order valence-corrected chi connectivity index (χ1v) is 5.97. The summed E-state index contributed by atoms with van der Waals surface area (Å²) in [5.41, 5.74) is 0. The predicted octanol–water partition coefficient (Wildman–Crippen LogP) is 0.0920. The summed E-state index contributed by atoms with van der Waals surface area (Å²) in [5.74, 6) is 0. The van der Waals surface area contributed by atoms with Crippen molar-refractivity contribution in [3.8, 4) is 0 Å². The zero-order valence-corrected chi connectivity index (χ0v) is 8.84. The van der Waals surface area contributed by atoms with E-state index in [4.69, 9.17) is 0 Å². The molecule has 0 saturated carbocycles. The van der Waals surface area contributed by atoms with Crippen LogP contribution in [0.3, 0.4) is 0 Å². The summed E-state index contributed by atoms with van der Waals surface area (Å²) in [7, 11) is -3.38. The summed E-state index contributed by atoms with van der Waals surface area (Å²) >= 11 is 0. The number of sulfonamides is 1. The molecule has 0 aromatic rings. The van der Waals surface area contributed by atoms with Crippen molar-refractivity contribution in [3.63, 3.8) is 0 Å². The van der Waals surface area contributed by atoms with Gasteiger partial charge in [-0.25, -0.2) is 17.5 Å². The smallest absolute Gasteiger partial charge is 0.320 e. The van der Waals surface area contributed by atoms with E-state index >= 15 is 0 Å². The van der Waals surface area contributed by atoms with Crippen LogP contribution in [-0.4, -0.2) is 49.0 Å². The van der Waals surface area contributed by atoms with Gasteiger partial charge in [0.05, 0.1) is 12.8 Å². The van der Waals surface area contributed by atoms with Gasteiger partial charge in [-0.05, 0) is 13.8 Å². The van der Waals surface area contributed by atoms with Gasteiger partial charge in [0.15, 0.2) is 0 Å². The fourth-order valence-electron chi connectivity index (χ4n) is 1.32. The first-order chi connectivity index (χ1) is 5.84. The molecule has 0 unspecified atom stereocenters. The molecule has 13 heavy (non-hydrogen) atoms. The highest BCUT2D eigenvalue weighted by Gasteiger charge is 2.35. The molecule has 0 spiro atoms. The Morgan fingerprint density at radius 2 is 1.85 bits per heavy atom. The lowest BCUT2D eigenvalue weighted by Gasteiger charge is -2.20. The SMILES string of the molecule is CC(C)N1CCN(S(C)(=O)=O)C1=O. The summed E-state index contributed by atoms with van der Waals surface area (Å²) in [6, 6.07) is -0.350. The minimum atomic E-state index is -3.38. The van der Waals surface area contributed by atoms with Crippen LogP contribution in [0.1, 0.15) is 13.8 Å². The zero-order chi connectivity index (χ0) is 10.2. The Morgan fingerprint density at radius 3 is 2.08 bits per heavy atom. The quantitative estimate of drug-likeness (QED) is 0.643. The van der Waals surface area contributed by atoms with Crippen molar-refractivity contribution in [2.24, 2.45) is 0 Å². The van der Waals surface area contributed by atoms with Crippen LogP contribution >= 0.6 is 0 Å². The van der Waals surface area contributed by atoms with Gasteiger partial charge in [0.2, 0.25) is 10.0 Å². The maximum absolute atomic E-state index is 11.5. The molecule has 0 aliphatic carbocycles. The number of nitrogens with zero attached hydrogens (tertiary/aromatic N) is 2. The molecule has 76 valence electrons. The Kier molecular flexibility index (Phi) is 2.51. The molecule has 6 heteroatoms. The number of hydrogen-bond acceptors (Lipinski definition) is 3. The maximum atomic E-state index is 11.5. The Bertz CT molecular complexity index is 310. The van der Waals surface area contributed by atoms with Crippen molar-refractivity contribution in [2.45, 2.75) is 19.9 Å². The molecule has 0 aromatic carbocycles. The highest BCUT2D eigenvalue weighted by molar-refractivity contribution is 7.88. The minimum Gasteiger partial charge on any atom is -0.320 e. The van der Waals surface area contributed by atoms with E-state index in [2.05, 4.69) is 0 Å². The summed E-state index contributed by atoms with van der Waals surface area (Å²) in [6.07, 6.45) is 1.05. The highest BCUT2D eigenvalue weighted by Crippen LogP contribution is 2.14. The van der Waals surface area contributed by atoms with Crippen LogP contribution in [0.4, 0.5) is 4.79 Å². The van der Waals surface area contributed by atoms with Gasteiger partial charge < -0.3 is 4.90 Å². The molecule has 5 nitrogen and oxygen atoms in total. The molecule has 1 rings (SSSR count). The highest BCUT2D eigenvalue weighted by atomic mass is 32.2. The van der Waals surface area contributed by atoms with E-state index in [9.17, 15) is 13.2 Å². The minimum absolute atomic E-state index is 0.0549.